The molecule has 0 aliphatic heterocycles. The molecule has 0 fully saturated rings. The van der Waals surface area contributed by atoms with E-state index in [-0.39, 0.29) is 6.61 Å². The molecular weight excluding hydrogens is 282 g/mol. The van der Waals surface area contributed by atoms with E-state index in [4.69, 9.17) is 14.7 Å². The highest BCUT2D eigenvalue weighted by atomic mass is 16.7. The molecule has 0 aliphatic rings. The van der Waals surface area contributed by atoms with Crippen molar-refractivity contribution >= 4 is 6.29 Å². The Balaban J connectivity index is 5.22. The summed E-state index contributed by atoms with van der Waals surface area (Å²) in [5.41, 5.74) is 3.26. The van der Waals surface area contributed by atoms with Gasteiger partial charge in [-0.15, -0.1) is 0 Å². The van der Waals surface area contributed by atoms with E-state index in [0.717, 1.165) is 23.2 Å². The van der Waals surface area contributed by atoms with Crippen LogP contribution in [-0.4, -0.2) is 43.8 Å². The van der Waals surface area contributed by atoms with Crippen LogP contribution in [0.2, 0.25) is 0 Å². The van der Waals surface area contributed by atoms with Crippen molar-refractivity contribution in [1.82, 2.24) is 5.06 Å². The lowest BCUT2D eigenvalue weighted by Crippen LogP contribution is -2.23. The van der Waals surface area contributed by atoms with Gasteiger partial charge in [-0.3, -0.25) is 14.7 Å². The average molecular weight is 309 g/mol. The number of carbonyl (C=O) groups is 1. The van der Waals surface area contributed by atoms with E-state index in [1.165, 1.54) is 12.2 Å². The quantitative estimate of drug-likeness (QED) is 0.221. The average Bonchev–Trinajstić information content (AvgIpc) is 2.53. The van der Waals surface area contributed by atoms with Gasteiger partial charge in [0, 0.05) is 0 Å². The van der Waals surface area contributed by atoms with Crippen molar-refractivity contribution in [3.8, 4) is 0 Å². The fraction of sp³-hybridized carbons (Fsp3) is 0.471. The van der Waals surface area contributed by atoms with Crippen molar-refractivity contribution in [3.05, 3.63) is 46.9 Å². The largest absolute Gasteiger partial charge is 0.501 e. The van der Waals surface area contributed by atoms with Crippen LogP contribution in [0.3, 0.4) is 0 Å². The first-order valence-corrected chi connectivity index (χ1v) is 7.05. The highest BCUT2D eigenvalue weighted by molar-refractivity contribution is 5.73. The Labute approximate surface area is 133 Å². The lowest BCUT2D eigenvalue weighted by atomic mass is 10.0. The van der Waals surface area contributed by atoms with E-state index in [1.54, 1.807) is 20.1 Å². The van der Waals surface area contributed by atoms with Gasteiger partial charge < -0.3 is 9.84 Å². The summed E-state index contributed by atoms with van der Waals surface area (Å²) in [6.07, 6.45) is 5.14. The number of methoxy groups -OCH3 is 1. The summed E-state index contributed by atoms with van der Waals surface area (Å²) >= 11 is 0. The third kappa shape index (κ3) is 6.74. The molecule has 0 aromatic heterocycles. The molecule has 0 heterocycles. The highest BCUT2D eigenvalue weighted by Crippen LogP contribution is 2.20. The Morgan fingerprint density at radius 3 is 2.32 bits per heavy atom. The molecule has 1 N–H and O–H groups in total. The Morgan fingerprint density at radius 2 is 1.86 bits per heavy atom. The monoisotopic (exact) mass is 309 g/mol. The van der Waals surface area contributed by atoms with E-state index < -0.39 is 0 Å². The number of rotatable bonds is 10. The molecule has 0 amide bonds. The van der Waals surface area contributed by atoms with Crippen molar-refractivity contribution in [3.63, 3.8) is 0 Å². The second-order valence-corrected chi connectivity index (χ2v) is 4.88. The molecule has 0 saturated heterocycles. The SMILES string of the molecule is C=C(/C=C\C(C/C(C)=C(/C)C=O)=C(/C)OC)N(CCO)OC. The maximum atomic E-state index is 10.8. The number of allylic oxidation sites excluding steroid dienone is 6. The van der Waals surface area contributed by atoms with Gasteiger partial charge >= 0.3 is 0 Å². The molecule has 0 unspecified atom stereocenters. The van der Waals surface area contributed by atoms with Crippen LogP contribution in [-0.2, 0) is 14.4 Å². The molecule has 0 atom stereocenters. The summed E-state index contributed by atoms with van der Waals surface area (Å²) in [7, 11) is 3.13. The molecule has 22 heavy (non-hydrogen) atoms. The number of aliphatic hydroxyl groups is 1. The van der Waals surface area contributed by atoms with Crippen LogP contribution in [0.5, 0.6) is 0 Å². The lowest BCUT2D eigenvalue weighted by Gasteiger charge is -2.20. The van der Waals surface area contributed by atoms with Crippen molar-refractivity contribution in [2.75, 3.05) is 27.4 Å². The first-order chi connectivity index (χ1) is 10.4. The minimum Gasteiger partial charge on any atom is -0.501 e. The number of aldehydes is 1. The lowest BCUT2D eigenvalue weighted by molar-refractivity contribution is -0.104. The molecule has 5 heteroatoms. The predicted octanol–water partition coefficient (Wildman–Crippen LogP) is 2.76. The molecular formula is C17H27NO4. The van der Waals surface area contributed by atoms with Crippen LogP contribution in [0.4, 0.5) is 0 Å². The number of nitrogens with zero attached hydrogens (tertiary/aromatic N) is 1. The van der Waals surface area contributed by atoms with Crippen molar-refractivity contribution in [2.24, 2.45) is 0 Å². The van der Waals surface area contributed by atoms with Gasteiger partial charge in [-0.1, -0.05) is 18.2 Å². The van der Waals surface area contributed by atoms with Crippen LogP contribution >= 0.6 is 0 Å². The summed E-state index contributed by atoms with van der Waals surface area (Å²) in [5.74, 6) is 0.772. The predicted molar refractivity (Wildman–Crippen MR) is 87.8 cm³/mol. The second kappa shape index (κ2) is 10.8. The van der Waals surface area contributed by atoms with Gasteiger partial charge in [-0.25, -0.2) is 0 Å². The zero-order valence-corrected chi connectivity index (χ0v) is 14.2. The summed E-state index contributed by atoms with van der Waals surface area (Å²) < 4.78 is 5.30. The van der Waals surface area contributed by atoms with Crippen molar-refractivity contribution < 1.29 is 19.5 Å². The maximum Gasteiger partial charge on any atom is 0.145 e. The van der Waals surface area contributed by atoms with Gasteiger partial charge in [0.05, 0.1) is 38.8 Å². The fourth-order valence-electron chi connectivity index (χ4n) is 1.68. The van der Waals surface area contributed by atoms with Crippen LogP contribution < -0.4 is 0 Å². The van der Waals surface area contributed by atoms with E-state index in [2.05, 4.69) is 6.58 Å². The molecule has 0 bridgehead atoms. The highest BCUT2D eigenvalue weighted by Gasteiger charge is 2.06. The van der Waals surface area contributed by atoms with E-state index >= 15 is 0 Å². The smallest absolute Gasteiger partial charge is 0.145 e. The maximum absolute atomic E-state index is 10.8. The zero-order chi connectivity index (χ0) is 17.1. The Hall–Kier alpha value is -1.85. The molecule has 0 spiro atoms. The fourth-order valence-corrected chi connectivity index (χ4v) is 1.68. The minimum atomic E-state index is -0.0269. The Bertz CT molecular complexity index is 475. The molecule has 0 saturated carbocycles. The summed E-state index contributed by atoms with van der Waals surface area (Å²) in [4.78, 5) is 16.0. The van der Waals surface area contributed by atoms with Crippen LogP contribution in [0.25, 0.3) is 0 Å². The second-order valence-electron chi connectivity index (χ2n) is 4.88. The first-order valence-electron chi connectivity index (χ1n) is 7.05. The number of hydrogen-bond donors (Lipinski definition) is 1. The Morgan fingerprint density at radius 1 is 1.23 bits per heavy atom. The number of aliphatic hydroxyl groups excluding tert-OH is 1. The molecule has 124 valence electrons. The standard InChI is InChI=1S/C17H27NO4/c1-13(14(2)12-20)11-17(16(4)21-5)8-7-15(3)18(22-6)9-10-19/h7-8,12,19H,3,9-11H2,1-2,4-6H3/b8-7-,14-13-,17-16-. The topological polar surface area (TPSA) is 59.0 Å². The summed E-state index contributed by atoms with van der Waals surface area (Å²) in [5, 5.41) is 10.5. The van der Waals surface area contributed by atoms with Gasteiger partial charge in [-0.2, -0.15) is 0 Å². The van der Waals surface area contributed by atoms with Crippen LogP contribution in [0.1, 0.15) is 27.2 Å². The van der Waals surface area contributed by atoms with Crippen LogP contribution in [0.15, 0.2) is 46.9 Å². The number of hydroxylamine groups is 2. The number of carbonyl (C=O) groups excluding carboxylic acids is 1. The molecule has 0 aromatic carbocycles. The number of hydrogen-bond acceptors (Lipinski definition) is 5. The molecule has 0 aliphatic carbocycles. The Kier molecular flexibility index (Phi) is 9.91. The molecule has 0 aromatic rings. The molecule has 0 radical (unpaired) electrons. The summed E-state index contributed by atoms with van der Waals surface area (Å²) in [6, 6.07) is 0. The van der Waals surface area contributed by atoms with Gasteiger partial charge in [0.1, 0.15) is 6.29 Å². The first kappa shape index (κ1) is 20.1. The molecule has 5 nitrogen and oxygen atoms in total. The van der Waals surface area contributed by atoms with E-state index in [9.17, 15) is 4.79 Å². The third-order valence-corrected chi connectivity index (χ3v) is 3.38. The van der Waals surface area contributed by atoms with Crippen LogP contribution in [0, 0.1) is 0 Å². The normalized spacial score (nSPS) is 13.5. The minimum absolute atomic E-state index is 0.0269. The van der Waals surface area contributed by atoms with Gasteiger partial charge in [-0.05, 0) is 44.4 Å². The van der Waals surface area contributed by atoms with Gasteiger partial charge in [0.25, 0.3) is 0 Å². The van der Waals surface area contributed by atoms with E-state index in [1.807, 2.05) is 19.9 Å². The van der Waals surface area contributed by atoms with Crippen molar-refractivity contribution in [2.45, 2.75) is 27.2 Å². The van der Waals surface area contributed by atoms with Crippen molar-refractivity contribution in [1.29, 1.82) is 0 Å². The third-order valence-electron chi connectivity index (χ3n) is 3.38. The summed E-state index contributed by atoms with van der Waals surface area (Å²) in [6.45, 7) is 9.79. The zero-order valence-electron chi connectivity index (χ0n) is 14.2. The number of ether oxygens (including phenoxy) is 1. The molecule has 0 rings (SSSR count). The van der Waals surface area contributed by atoms with Gasteiger partial charge in [0.15, 0.2) is 0 Å². The van der Waals surface area contributed by atoms with E-state index in [0.29, 0.717) is 24.2 Å². The van der Waals surface area contributed by atoms with Gasteiger partial charge in [0.2, 0.25) is 0 Å².